The monoisotopic (exact) mass is 725 g/mol. The second-order valence-electron chi connectivity index (χ2n) is 12.5. The average Bonchev–Trinajstić information content (AvgIpc) is 3.05. The van der Waals surface area contributed by atoms with Crippen LogP contribution in [-0.4, -0.2) is 57.5 Å². The second kappa shape index (κ2) is 16.0. The maximum Gasteiger partial charge on any atom is 0.264 e. The highest BCUT2D eigenvalue weighted by molar-refractivity contribution is 7.92. The highest BCUT2D eigenvalue weighted by Crippen LogP contribution is 2.36. The van der Waals surface area contributed by atoms with Gasteiger partial charge in [0, 0.05) is 40.2 Å². The summed E-state index contributed by atoms with van der Waals surface area (Å²) >= 11 is 13.2. The lowest BCUT2D eigenvalue weighted by atomic mass is 10.0. The van der Waals surface area contributed by atoms with Crippen molar-refractivity contribution in [2.24, 2.45) is 0 Å². The smallest absolute Gasteiger partial charge is 0.264 e. The number of benzene rings is 4. The molecule has 4 aromatic carbocycles. The highest BCUT2D eigenvalue weighted by Gasteiger charge is 2.37. The van der Waals surface area contributed by atoms with E-state index < -0.39 is 40.0 Å². The van der Waals surface area contributed by atoms with Crippen molar-refractivity contribution in [3.05, 3.63) is 118 Å². The molecule has 0 aromatic heterocycles. The summed E-state index contributed by atoms with van der Waals surface area (Å²) in [5, 5.41) is 3.58. The number of nitrogens with one attached hydrogen (secondary N) is 1. The number of amides is 2. The topological polar surface area (TPSA) is 105 Å². The number of sulfonamides is 1. The number of anilines is 1. The van der Waals surface area contributed by atoms with E-state index >= 15 is 0 Å². The van der Waals surface area contributed by atoms with E-state index in [1.165, 1.54) is 37.3 Å². The predicted molar refractivity (Wildman–Crippen MR) is 194 cm³/mol. The first kappa shape index (κ1) is 37.6. The van der Waals surface area contributed by atoms with E-state index in [2.05, 4.69) is 5.32 Å². The van der Waals surface area contributed by atoms with Crippen LogP contribution in [0.25, 0.3) is 0 Å². The quantitative estimate of drug-likeness (QED) is 0.158. The number of aryl methyl sites for hydroxylation is 1. The van der Waals surface area contributed by atoms with Crippen LogP contribution in [0.2, 0.25) is 10.0 Å². The van der Waals surface area contributed by atoms with E-state index in [1.807, 2.05) is 58.0 Å². The number of methoxy groups -OCH3 is 2. The molecule has 4 rings (SSSR count). The van der Waals surface area contributed by atoms with E-state index in [0.717, 1.165) is 15.4 Å². The third-order valence-electron chi connectivity index (χ3n) is 7.70. The lowest BCUT2D eigenvalue weighted by Gasteiger charge is -2.35. The zero-order valence-electron chi connectivity index (χ0n) is 28.4. The Hall–Kier alpha value is -4.25. The Morgan fingerprint density at radius 3 is 2.06 bits per heavy atom. The van der Waals surface area contributed by atoms with E-state index in [-0.39, 0.29) is 29.3 Å². The van der Waals surface area contributed by atoms with Crippen molar-refractivity contribution in [2.75, 3.05) is 25.1 Å². The third-order valence-corrected chi connectivity index (χ3v) is 10.2. The minimum Gasteiger partial charge on any atom is -0.497 e. The summed E-state index contributed by atoms with van der Waals surface area (Å²) in [5.74, 6) is -0.573. The van der Waals surface area contributed by atoms with Gasteiger partial charge in [-0.3, -0.25) is 13.9 Å². The van der Waals surface area contributed by atoms with Crippen LogP contribution in [0.15, 0.2) is 95.9 Å². The predicted octanol–water partition coefficient (Wildman–Crippen LogP) is 7.07. The number of rotatable bonds is 13. The van der Waals surface area contributed by atoms with Gasteiger partial charge in [-0.05, 0) is 69.7 Å². The molecule has 1 N–H and O–H groups in total. The Balaban J connectivity index is 1.91. The molecule has 1 atom stereocenters. The van der Waals surface area contributed by atoms with Gasteiger partial charge >= 0.3 is 0 Å². The van der Waals surface area contributed by atoms with E-state index in [9.17, 15) is 18.0 Å². The van der Waals surface area contributed by atoms with Crippen LogP contribution in [0.5, 0.6) is 11.5 Å². The minimum atomic E-state index is -4.38. The van der Waals surface area contributed by atoms with Crippen LogP contribution in [0.4, 0.5) is 5.69 Å². The summed E-state index contributed by atoms with van der Waals surface area (Å²) in [6.45, 7) is 6.48. The molecule has 0 saturated heterocycles. The molecule has 0 heterocycles. The molecule has 0 aliphatic carbocycles. The maximum atomic E-state index is 14.8. The number of carbonyl (C=O) groups is 2. The van der Waals surface area contributed by atoms with Crippen molar-refractivity contribution in [1.82, 2.24) is 10.2 Å². The normalized spacial score (nSPS) is 12.2. The zero-order chi connectivity index (χ0) is 35.9. The molecule has 2 amide bonds. The van der Waals surface area contributed by atoms with Crippen LogP contribution in [0, 0.1) is 6.92 Å². The van der Waals surface area contributed by atoms with Gasteiger partial charge in [-0.15, -0.1) is 0 Å². The van der Waals surface area contributed by atoms with E-state index in [4.69, 9.17) is 32.7 Å². The zero-order valence-corrected chi connectivity index (χ0v) is 30.7. The molecular formula is C37H41Cl2N3O6S. The Bertz CT molecular complexity index is 1860. The fourth-order valence-electron chi connectivity index (χ4n) is 5.20. The average molecular weight is 727 g/mol. The molecule has 0 bridgehead atoms. The molecule has 12 heteroatoms. The van der Waals surface area contributed by atoms with Crippen molar-refractivity contribution in [2.45, 2.75) is 57.1 Å². The summed E-state index contributed by atoms with van der Waals surface area (Å²) in [4.78, 5) is 30.2. The van der Waals surface area contributed by atoms with Gasteiger partial charge in [-0.1, -0.05) is 77.3 Å². The SMILES string of the molecule is COc1ccc(OC)c(N(CC(=O)N(Cc2c(Cl)cccc2Cl)C(Cc2ccccc2)C(=O)NC(C)(C)C)S(=O)(=O)c2ccc(C)cc2)c1. The lowest BCUT2D eigenvalue weighted by molar-refractivity contribution is -0.140. The third kappa shape index (κ3) is 9.47. The van der Waals surface area contributed by atoms with Gasteiger partial charge in [0.2, 0.25) is 11.8 Å². The van der Waals surface area contributed by atoms with Crippen molar-refractivity contribution in [3.8, 4) is 11.5 Å². The highest BCUT2D eigenvalue weighted by atomic mass is 35.5. The van der Waals surface area contributed by atoms with Gasteiger partial charge in [0.25, 0.3) is 10.0 Å². The minimum absolute atomic E-state index is 0.0391. The second-order valence-corrected chi connectivity index (χ2v) is 15.2. The Kier molecular flexibility index (Phi) is 12.2. The molecule has 0 aliphatic heterocycles. The molecule has 49 heavy (non-hydrogen) atoms. The molecule has 1 unspecified atom stereocenters. The molecule has 0 radical (unpaired) electrons. The van der Waals surface area contributed by atoms with Gasteiger partial charge in [0.1, 0.15) is 24.1 Å². The van der Waals surface area contributed by atoms with Crippen LogP contribution < -0.4 is 19.1 Å². The Labute approximate surface area is 298 Å². The first-order valence-electron chi connectivity index (χ1n) is 15.5. The summed E-state index contributed by atoms with van der Waals surface area (Å²) in [5.41, 5.74) is 1.49. The molecule has 0 saturated carbocycles. The summed E-state index contributed by atoms with van der Waals surface area (Å²) < 4.78 is 40.9. The van der Waals surface area contributed by atoms with Gasteiger partial charge in [-0.25, -0.2) is 8.42 Å². The fraction of sp³-hybridized carbons (Fsp3) is 0.297. The number of hydrogen-bond acceptors (Lipinski definition) is 6. The standard InChI is InChI=1S/C37H41Cl2N3O6S/c1-25-15-18-28(19-16-25)49(45,46)42(32-22-27(47-5)17-20-34(32)48-6)24-35(43)41(23-29-30(38)13-10-14-31(29)39)33(36(44)40-37(2,3)4)21-26-11-8-7-9-12-26/h7-20,22,33H,21,23-24H2,1-6H3,(H,40,44). The molecule has 0 spiro atoms. The van der Waals surface area contributed by atoms with E-state index in [0.29, 0.717) is 21.4 Å². The molecule has 0 fully saturated rings. The van der Waals surface area contributed by atoms with Crippen molar-refractivity contribution >= 4 is 50.7 Å². The van der Waals surface area contributed by atoms with E-state index in [1.54, 1.807) is 42.5 Å². The van der Waals surface area contributed by atoms with Crippen molar-refractivity contribution < 1.29 is 27.5 Å². The summed E-state index contributed by atoms with van der Waals surface area (Å²) in [6, 6.07) is 24.1. The first-order chi connectivity index (χ1) is 23.1. The summed E-state index contributed by atoms with van der Waals surface area (Å²) in [6.07, 6.45) is 0.129. The molecule has 4 aromatic rings. The van der Waals surface area contributed by atoms with Gasteiger partial charge in [0.05, 0.1) is 24.8 Å². The molecule has 0 aliphatic rings. The number of hydrogen-bond donors (Lipinski definition) is 1. The van der Waals surface area contributed by atoms with Crippen LogP contribution in [-0.2, 0) is 32.6 Å². The van der Waals surface area contributed by atoms with Crippen molar-refractivity contribution in [1.29, 1.82) is 0 Å². The van der Waals surface area contributed by atoms with Gasteiger partial charge in [0.15, 0.2) is 0 Å². The molecule has 260 valence electrons. The lowest BCUT2D eigenvalue weighted by Crippen LogP contribution is -2.56. The number of halogens is 2. The van der Waals surface area contributed by atoms with Crippen LogP contribution in [0.3, 0.4) is 0 Å². The van der Waals surface area contributed by atoms with Crippen LogP contribution in [0.1, 0.15) is 37.5 Å². The number of ether oxygens (including phenoxy) is 2. The maximum absolute atomic E-state index is 14.8. The van der Waals surface area contributed by atoms with Gasteiger partial charge in [-0.2, -0.15) is 0 Å². The summed E-state index contributed by atoms with van der Waals surface area (Å²) in [7, 11) is -1.53. The Morgan fingerprint density at radius 2 is 1.49 bits per heavy atom. The number of carbonyl (C=O) groups excluding carboxylic acids is 2. The van der Waals surface area contributed by atoms with Crippen molar-refractivity contribution in [3.63, 3.8) is 0 Å². The Morgan fingerprint density at radius 1 is 0.857 bits per heavy atom. The first-order valence-corrected chi connectivity index (χ1v) is 17.7. The molecular weight excluding hydrogens is 685 g/mol. The number of nitrogens with zero attached hydrogens (tertiary/aromatic N) is 2. The molecule has 9 nitrogen and oxygen atoms in total. The van der Waals surface area contributed by atoms with Gasteiger partial charge < -0.3 is 19.7 Å². The van der Waals surface area contributed by atoms with Crippen LogP contribution >= 0.6 is 23.2 Å². The largest absolute Gasteiger partial charge is 0.497 e. The fourth-order valence-corrected chi connectivity index (χ4v) is 7.14.